The van der Waals surface area contributed by atoms with Crippen molar-refractivity contribution in [3.8, 4) is 0 Å². The Morgan fingerprint density at radius 2 is 2.26 bits per heavy atom. The average molecular weight is 321 g/mol. The molecule has 2 aromatic rings. The highest BCUT2D eigenvalue weighted by Crippen LogP contribution is 2.31. The second kappa shape index (κ2) is 6.19. The van der Waals surface area contributed by atoms with Crippen molar-refractivity contribution >= 4 is 22.9 Å². The van der Waals surface area contributed by atoms with Crippen LogP contribution in [0.3, 0.4) is 0 Å². The fourth-order valence-electron chi connectivity index (χ4n) is 2.47. The minimum atomic E-state index is -0.746. The summed E-state index contributed by atoms with van der Waals surface area (Å²) in [6, 6.07) is 0. The first-order chi connectivity index (χ1) is 11.0. The Morgan fingerprint density at radius 3 is 2.91 bits per heavy atom. The van der Waals surface area contributed by atoms with Gasteiger partial charge in [0.1, 0.15) is 18.7 Å². The fourth-order valence-corrected chi connectivity index (χ4v) is 2.47. The first-order valence-corrected chi connectivity index (χ1v) is 7.44. The molecule has 23 heavy (non-hydrogen) atoms. The number of amides is 1. The molecule has 0 saturated carbocycles. The fraction of sp³-hybridized carbons (Fsp3) is 0.571. The van der Waals surface area contributed by atoms with Gasteiger partial charge in [0.15, 0.2) is 17.0 Å². The maximum atomic E-state index is 11.9. The monoisotopic (exact) mass is 321 g/mol. The molecule has 0 unspecified atom stereocenters. The van der Waals surface area contributed by atoms with Gasteiger partial charge in [0.05, 0.1) is 19.0 Å². The summed E-state index contributed by atoms with van der Waals surface area (Å²) < 4.78 is 7.28. The molecular weight excluding hydrogens is 302 g/mol. The molecule has 1 aliphatic heterocycles. The second-order valence-electron chi connectivity index (χ2n) is 5.81. The highest BCUT2D eigenvalue weighted by Gasteiger charge is 2.35. The van der Waals surface area contributed by atoms with Gasteiger partial charge in [-0.2, -0.15) is 0 Å². The highest BCUT2D eigenvalue weighted by molar-refractivity contribution is 5.97. The van der Waals surface area contributed by atoms with Crippen LogP contribution in [-0.4, -0.2) is 54.5 Å². The van der Waals surface area contributed by atoms with E-state index in [0.29, 0.717) is 23.4 Å². The van der Waals surface area contributed by atoms with E-state index in [-0.39, 0.29) is 18.4 Å². The highest BCUT2D eigenvalue weighted by atomic mass is 16.5. The van der Waals surface area contributed by atoms with E-state index in [4.69, 9.17) is 4.74 Å². The van der Waals surface area contributed by atoms with Gasteiger partial charge >= 0.3 is 0 Å². The van der Waals surface area contributed by atoms with Crippen LogP contribution < -0.4 is 5.32 Å². The summed E-state index contributed by atoms with van der Waals surface area (Å²) in [5.74, 6) is -0.00198. The summed E-state index contributed by atoms with van der Waals surface area (Å²) >= 11 is 0. The third-order valence-corrected chi connectivity index (χ3v) is 3.82. The van der Waals surface area contributed by atoms with E-state index in [9.17, 15) is 15.0 Å². The number of nitrogens with zero attached hydrogens (tertiary/aromatic N) is 4. The van der Waals surface area contributed by atoms with Crippen LogP contribution in [0.25, 0.3) is 11.2 Å². The minimum absolute atomic E-state index is 0.160. The summed E-state index contributed by atoms with van der Waals surface area (Å²) in [7, 11) is 0. The molecule has 0 aromatic carbocycles. The zero-order chi connectivity index (χ0) is 16.6. The van der Waals surface area contributed by atoms with Gasteiger partial charge in [0.2, 0.25) is 5.91 Å². The molecule has 0 radical (unpaired) electrons. The van der Waals surface area contributed by atoms with Crippen molar-refractivity contribution in [2.45, 2.75) is 38.7 Å². The van der Waals surface area contributed by atoms with Gasteiger partial charge in [0, 0.05) is 12.3 Å². The number of rotatable bonds is 4. The van der Waals surface area contributed by atoms with Crippen LogP contribution in [0.1, 0.15) is 26.5 Å². The van der Waals surface area contributed by atoms with Crippen LogP contribution in [0.2, 0.25) is 0 Å². The van der Waals surface area contributed by atoms with E-state index in [2.05, 4.69) is 20.3 Å². The topological polar surface area (TPSA) is 122 Å². The maximum absolute atomic E-state index is 11.9. The number of ether oxygens (including phenoxy) is 1. The van der Waals surface area contributed by atoms with Crippen molar-refractivity contribution < 1.29 is 19.7 Å². The number of imidazole rings is 1. The SMILES string of the molecule is CC(C)C(=O)Nc1ncnc2c1ncn2[C@H]1C[C@H](O)[C@@H](CO)O1. The Morgan fingerprint density at radius 1 is 1.48 bits per heavy atom. The van der Waals surface area contributed by atoms with Crippen molar-refractivity contribution in [3.63, 3.8) is 0 Å². The van der Waals surface area contributed by atoms with E-state index < -0.39 is 18.4 Å². The smallest absolute Gasteiger partial charge is 0.228 e. The van der Waals surface area contributed by atoms with Crippen molar-refractivity contribution in [2.75, 3.05) is 11.9 Å². The van der Waals surface area contributed by atoms with E-state index in [1.807, 2.05) is 0 Å². The predicted molar refractivity (Wildman–Crippen MR) is 80.4 cm³/mol. The summed E-state index contributed by atoms with van der Waals surface area (Å²) in [5, 5.41) is 21.8. The first kappa shape index (κ1) is 15.8. The normalized spacial score (nSPS) is 24.5. The lowest BCUT2D eigenvalue weighted by atomic mass is 10.2. The van der Waals surface area contributed by atoms with Gasteiger partial charge in [-0.05, 0) is 0 Å². The number of carbonyl (C=O) groups excluding carboxylic acids is 1. The van der Waals surface area contributed by atoms with E-state index in [0.717, 1.165) is 0 Å². The van der Waals surface area contributed by atoms with Crippen molar-refractivity contribution in [2.24, 2.45) is 5.92 Å². The molecule has 3 atom stereocenters. The van der Waals surface area contributed by atoms with Crippen LogP contribution in [0.15, 0.2) is 12.7 Å². The number of aromatic nitrogens is 4. The van der Waals surface area contributed by atoms with Gasteiger partial charge < -0.3 is 20.3 Å². The Bertz CT molecular complexity index is 716. The van der Waals surface area contributed by atoms with E-state index in [1.165, 1.54) is 12.7 Å². The largest absolute Gasteiger partial charge is 0.394 e. The molecule has 124 valence electrons. The van der Waals surface area contributed by atoms with Gasteiger partial charge in [-0.1, -0.05) is 13.8 Å². The molecule has 1 saturated heterocycles. The minimum Gasteiger partial charge on any atom is -0.394 e. The van der Waals surface area contributed by atoms with Crippen molar-refractivity contribution in [1.82, 2.24) is 19.5 Å². The number of aliphatic hydroxyl groups is 2. The van der Waals surface area contributed by atoms with Crippen LogP contribution in [0, 0.1) is 5.92 Å². The standard InChI is InChI=1S/C14H19N5O4/c1-7(2)14(22)18-12-11-13(16-5-15-12)19(6-17-11)10-3-8(21)9(4-20)23-10/h5-10,20-21H,3-4H2,1-2H3,(H,15,16,18,22)/t8-,9+,10+/m0/s1. The third kappa shape index (κ3) is 2.90. The van der Waals surface area contributed by atoms with Gasteiger partial charge in [-0.25, -0.2) is 15.0 Å². The summed E-state index contributed by atoms with van der Waals surface area (Å²) in [6.07, 6.45) is 1.35. The number of nitrogens with one attached hydrogen (secondary N) is 1. The maximum Gasteiger partial charge on any atom is 0.228 e. The first-order valence-electron chi connectivity index (χ1n) is 7.44. The molecule has 3 rings (SSSR count). The summed E-state index contributed by atoms with van der Waals surface area (Å²) in [5.41, 5.74) is 0.946. The number of carbonyl (C=O) groups is 1. The second-order valence-corrected chi connectivity index (χ2v) is 5.81. The Balaban J connectivity index is 1.91. The third-order valence-electron chi connectivity index (χ3n) is 3.82. The zero-order valence-corrected chi connectivity index (χ0v) is 12.9. The molecule has 1 aliphatic rings. The number of hydrogen-bond acceptors (Lipinski definition) is 7. The van der Waals surface area contributed by atoms with Crippen LogP contribution in [-0.2, 0) is 9.53 Å². The molecule has 9 nitrogen and oxygen atoms in total. The summed E-state index contributed by atoms with van der Waals surface area (Å²) in [4.78, 5) is 24.4. The van der Waals surface area contributed by atoms with Gasteiger partial charge in [-0.15, -0.1) is 0 Å². The molecule has 0 aliphatic carbocycles. The quantitative estimate of drug-likeness (QED) is 0.728. The van der Waals surface area contributed by atoms with Gasteiger partial charge in [-0.3, -0.25) is 9.36 Å². The number of aliphatic hydroxyl groups excluding tert-OH is 2. The Labute approximate surface area is 132 Å². The lowest BCUT2D eigenvalue weighted by Crippen LogP contribution is -2.24. The molecule has 3 heterocycles. The molecule has 1 fully saturated rings. The lowest BCUT2D eigenvalue weighted by molar-refractivity contribution is -0.118. The Hall–Kier alpha value is -2.10. The molecule has 9 heteroatoms. The van der Waals surface area contributed by atoms with E-state index >= 15 is 0 Å². The van der Waals surface area contributed by atoms with Gasteiger partial charge in [0.25, 0.3) is 0 Å². The Kier molecular flexibility index (Phi) is 4.24. The molecule has 1 amide bonds. The molecule has 0 bridgehead atoms. The van der Waals surface area contributed by atoms with Crippen LogP contribution in [0.4, 0.5) is 5.82 Å². The molecular formula is C14H19N5O4. The van der Waals surface area contributed by atoms with Crippen molar-refractivity contribution in [1.29, 1.82) is 0 Å². The lowest BCUT2D eigenvalue weighted by Gasteiger charge is -2.13. The number of hydrogen-bond donors (Lipinski definition) is 3. The molecule has 0 spiro atoms. The predicted octanol–water partition coefficient (Wildman–Crippen LogP) is 0.0615. The van der Waals surface area contributed by atoms with Crippen LogP contribution >= 0.6 is 0 Å². The van der Waals surface area contributed by atoms with Crippen molar-refractivity contribution in [3.05, 3.63) is 12.7 Å². The number of anilines is 1. The number of fused-ring (bicyclic) bond motifs is 1. The molecule has 2 aromatic heterocycles. The summed E-state index contributed by atoms with van der Waals surface area (Å²) in [6.45, 7) is 3.32. The molecule has 3 N–H and O–H groups in total. The zero-order valence-electron chi connectivity index (χ0n) is 12.9. The average Bonchev–Trinajstić information content (AvgIpc) is 3.10. The van der Waals surface area contributed by atoms with E-state index in [1.54, 1.807) is 18.4 Å². The van der Waals surface area contributed by atoms with Crippen LogP contribution in [0.5, 0.6) is 0 Å².